The number of aromatic nitrogens is 2. The van der Waals surface area contributed by atoms with E-state index in [2.05, 4.69) is 30.6 Å². The number of hydrogen-bond acceptors (Lipinski definition) is 11. The van der Waals surface area contributed by atoms with Crippen LogP contribution in [-0.4, -0.2) is 83.5 Å². The summed E-state index contributed by atoms with van der Waals surface area (Å²) in [7, 11) is 2.46. The summed E-state index contributed by atoms with van der Waals surface area (Å²) in [6, 6.07) is -0.684. The molecule has 4 N–H and O–H groups in total. The number of rotatable bonds is 14. The molecule has 0 fully saturated rings. The zero-order chi connectivity index (χ0) is 28.1. The van der Waals surface area contributed by atoms with Gasteiger partial charge in [0.2, 0.25) is 0 Å². The Bertz CT molecular complexity index is 944. The topological polar surface area (TPSA) is 177 Å². The Morgan fingerprint density at radius 1 is 1.22 bits per heavy atom. The van der Waals surface area contributed by atoms with Gasteiger partial charge in [-0.15, -0.1) is 0 Å². The van der Waals surface area contributed by atoms with Crippen molar-refractivity contribution in [3.05, 3.63) is 18.2 Å². The zero-order valence-electron chi connectivity index (χ0n) is 22.5. The van der Waals surface area contributed by atoms with Crippen LogP contribution in [0.25, 0.3) is 0 Å². The molecule has 0 aromatic carbocycles. The first-order chi connectivity index (χ1) is 17.3. The number of nitrogens with one attached hydrogen (secondary N) is 3. The van der Waals surface area contributed by atoms with E-state index >= 15 is 0 Å². The number of nitriles is 1. The molecule has 0 saturated carbocycles. The monoisotopic (exact) mass is 520 g/mol. The second-order valence-corrected chi connectivity index (χ2v) is 9.58. The third-order valence-electron chi connectivity index (χ3n) is 4.89. The number of alkyl carbamates (subject to hydrolysis) is 1. The van der Waals surface area contributed by atoms with E-state index < -0.39 is 35.3 Å². The molecule has 1 heterocycles. The zero-order valence-corrected chi connectivity index (χ0v) is 22.5. The molecule has 0 aliphatic heterocycles. The second-order valence-electron chi connectivity index (χ2n) is 9.58. The SMILES string of the molecule is COC(C)(C)C(=O)NC(CCCNC(=BOC#N)NC(=O)OC(C)(C)C)C(O)COc1cnc(C)nc1. The maximum atomic E-state index is 12.7. The van der Waals surface area contributed by atoms with Gasteiger partial charge in [0.05, 0.1) is 0 Å². The maximum absolute atomic E-state index is 12.7. The molecule has 2 atom stereocenters. The van der Waals surface area contributed by atoms with Gasteiger partial charge in [0, 0.05) is 0 Å². The van der Waals surface area contributed by atoms with Gasteiger partial charge in [0.15, 0.2) is 0 Å². The van der Waals surface area contributed by atoms with Crippen molar-refractivity contribution >= 4 is 24.8 Å². The Labute approximate surface area is 218 Å². The number of nitrogens with zero attached hydrogens (tertiary/aromatic N) is 3. The number of carbonyl (C=O) groups is 2. The van der Waals surface area contributed by atoms with Crippen LogP contribution < -0.4 is 20.7 Å². The van der Waals surface area contributed by atoms with E-state index in [0.29, 0.717) is 31.0 Å². The average molecular weight is 520 g/mol. The molecule has 0 bridgehead atoms. The quantitative estimate of drug-likeness (QED) is 0.153. The van der Waals surface area contributed by atoms with Crippen molar-refractivity contribution in [2.75, 3.05) is 20.3 Å². The van der Waals surface area contributed by atoms with Crippen LogP contribution in [0.1, 0.15) is 53.3 Å². The van der Waals surface area contributed by atoms with Crippen LogP contribution in [0.3, 0.4) is 0 Å². The predicted octanol–water partition coefficient (Wildman–Crippen LogP) is 0.533. The van der Waals surface area contributed by atoms with Gasteiger partial charge in [-0.1, -0.05) is 0 Å². The van der Waals surface area contributed by atoms with Crippen molar-refractivity contribution in [3.8, 4) is 12.0 Å². The van der Waals surface area contributed by atoms with E-state index in [9.17, 15) is 14.7 Å². The predicted molar refractivity (Wildman–Crippen MR) is 135 cm³/mol. The normalized spacial score (nSPS) is 13.3. The molecule has 2 amide bonds. The molecule has 0 aliphatic rings. The first-order valence-corrected chi connectivity index (χ1v) is 11.7. The average Bonchev–Trinajstić information content (AvgIpc) is 2.82. The molecule has 204 valence electrons. The van der Waals surface area contributed by atoms with Gasteiger partial charge in [-0.25, -0.2) is 0 Å². The molecule has 1 aromatic heterocycles. The Kier molecular flexibility index (Phi) is 12.8. The molecular weight excluding hydrogens is 483 g/mol. The fraction of sp³-hybridized carbons (Fsp3) is 0.652. The summed E-state index contributed by atoms with van der Waals surface area (Å²) in [5.74, 6) is 0.566. The van der Waals surface area contributed by atoms with Crippen molar-refractivity contribution in [1.29, 1.82) is 5.26 Å². The first kappa shape index (κ1) is 31.6. The van der Waals surface area contributed by atoms with Crippen LogP contribution in [0.15, 0.2) is 12.4 Å². The van der Waals surface area contributed by atoms with E-state index in [0.717, 1.165) is 7.12 Å². The molecule has 37 heavy (non-hydrogen) atoms. The molecule has 0 aliphatic carbocycles. The number of carbonyl (C=O) groups excluding carboxylic acids is 2. The van der Waals surface area contributed by atoms with Gasteiger partial charge >= 0.3 is 205 Å². The van der Waals surface area contributed by atoms with Gasteiger partial charge in [-0.3, -0.25) is 0 Å². The van der Waals surface area contributed by atoms with Gasteiger partial charge in [0.25, 0.3) is 0 Å². The number of methoxy groups -OCH3 is 1. The minimum absolute atomic E-state index is 0.111. The van der Waals surface area contributed by atoms with Crippen LogP contribution >= 0.6 is 0 Å². The van der Waals surface area contributed by atoms with Gasteiger partial charge in [0.1, 0.15) is 5.82 Å². The van der Waals surface area contributed by atoms with Crippen LogP contribution in [-0.2, 0) is 18.9 Å². The summed E-state index contributed by atoms with van der Waals surface area (Å²) in [4.78, 5) is 32.8. The fourth-order valence-electron chi connectivity index (χ4n) is 2.71. The summed E-state index contributed by atoms with van der Waals surface area (Å²) in [6.07, 6.45) is 3.48. The van der Waals surface area contributed by atoms with Crippen molar-refractivity contribution in [3.63, 3.8) is 0 Å². The number of hydrogen-bond donors (Lipinski definition) is 4. The van der Waals surface area contributed by atoms with E-state index in [4.69, 9.17) is 19.5 Å². The van der Waals surface area contributed by atoms with Crippen LogP contribution in [0.2, 0.25) is 0 Å². The number of aliphatic hydroxyl groups excluding tert-OH is 1. The number of aliphatic hydroxyl groups is 1. The standard InChI is InChI=1S/C23H37BN6O7/c1-15-27-11-16(12-28-15)35-13-18(31)17(29-19(32)23(5,6)34-7)9-8-10-26-20(24-36-14-25)30-21(33)37-22(2,3)4/h11-12,17-18,26,31H,8-10,13H2,1-7H3,(H,29,32)(H,30,33). The molecule has 1 rings (SSSR count). The molecular formula is C23H37BN6O7. The number of amides is 2. The van der Waals surface area contributed by atoms with Crippen molar-refractivity contribution in [1.82, 2.24) is 25.9 Å². The van der Waals surface area contributed by atoms with Gasteiger partial charge in [-0.05, 0) is 6.92 Å². The van der Waals surface area contributed by atoms with Crippen molar-refractivity contribution in [2.24, 2.45) is 0 Å². The second kappa shape index (κ2) is 15.0. The van der Waals surface area contributed by atoms with Gasteiger partial charge in [-0.2, -0.15) is 0 Å². The summed E-state index contributed by atoms with van der Waals surface area (Å²) < 4.78 is 20.6. The minimum atomic E-state index is -1.11. The molecule has 13 nitrogen and oxygen atoms in total. The van der Waals surface area contributed by atoms with Crippen LogP contribution in [0.4, 0.5) is 4.79 Å². The van der Waals surface area contributed by atoms with Crippen molar-refractivity contribution in [2.45, 2.75) is 77.7 Å². The summed E-state index contributed by atoms with van der Waals surface area (Å²) in [5.41, 5.74) is -1.71. The Balaban J connectivity index is 2.77. The summed E-state index contributed by atoms with van der Waals surface area (Å²) >= 11 is 0. The number of ether oxygens (including phenoxy) is 3. The summed E-state index contributed by atoms with van der Waals surface area (Å²) in [5, 5.41) is 27.7. The Morgan fingerprint density at radius 2 is 1.86 bits per heavy atom. The third kappa shape index (κ3) is 12.9. The Morgan fingerprint density at radius 3 is 2.43 bits per heavy atom. The molecule has 0 saturated heterocycles. The molecule has 0 radical (unpaired) electrons. The van der Waals surface area contributed by atoms with E-state index in [1.807, 2.05) is 0 Å². The molecule has 0 spiro atoms. The van der Waals surface area contributed by atoms with E-state index in [1.165, 1.54) is 25.8 Å². The Hall–Kier alpha value is -3.44. The fourth-order valence-corrected chi connectivity index (χ4v) is 2.71. The first-order valence-electron chi connectivity index (χ1n) is 11.7. The van der Waals surface area contributed by atoms with E-state index in [-0.39, 0.29) is 12.3 Å². The van der Waals surface area contributed by atoms with Gasteiger partial charge < -0.3 is 0 Å². The molecule has 2 unspecified atom stereocenters. The number of aryl methyl sites for hydroxylation is 1. The van der Waals surface area contributed by atoms with Crippen LogP contribution in [0.5, 0.6) is 5.75 Å². The van der Waals surface area contributed by atoms with E-state index in [1.54, 1.807) is 41.5 Å². The molecule has 14 heteroatoms. The van der Waals surface area contributed by atoms with Crippen LogP contribution in [0, 0.1) is 18.4 Å². The third-order valence-corrected chi connectivity index (χ3v) is 4.89. The van der Waals surface area contributed by atoms with Crippen molar-refractivity contribution < 1.29 is 33.6 Å². The summed E-state index contributed by atoms with van der Waals surface area (Å²) in [6.45, 7) is 10.3. The molecule has 1 aromatic rings.